The van der Waals surface area contributed by atoms with E-state index < -0.39 is 29.9 Å². The number of nitrogens with zero attached hydrogens (tertiary/aromatic N) is 2. The minimum absolute atomic E-state index is 0.300. The molecule has 0 bridgehead atoms. The van der Waals surface area contributed by atoms with Crippen LogP contribution in [0.1, 0.15) is 11.6 Å². The summed E-state index contributed by atoms with van der Waals surface area (Å²) in [6.07, 6.45) is -1.04. The summed E-state index contributed by atoms with van der Waals surface area (Å²) in [6, 6.07) is 18.9. The van der Waals surface area contributed by atoms with Crippen molar-refractivity contribution in [1.29, 1.82) is 0 Å². The molecule has 2 heterocycles. The molecule has 2 aliphatic heterocycles. The van der Waals surface area contributed by atoms with Gasteiger partial charge < -0.3 is 14.2 Å². The van der Waals surface area contributed by atoms with Crippen LogP contribution in [0.25, 0.3) is 0 Å². The zero-order valence-corrected chi connectivity index (χ0v) is 20.1. The molecule has 0 N–H and O–H groups in total. The number of amides is 2. The van der Waals surface area contributed by atoms with Gasteiger partial charge in [0.05, 0.1) is 37.7 Å². The van der Waals surface area contributed by atoms with Crippen molar-refractivity contribution in [3.63, 3.8) is 0 Å². The molecule has 8 nitrogen and oxygen atoms in total. The van der Waals surface area contributed by atoms with Crippen molar-refractivity contribution in [2.75, 3.05) is 31.3 Å². The van der Waals surface area contributed by atoms with Crippen LogP contribution in [0.2, 0.25) is 5.02 Å². The Balaban J connectivity index is 1.67. The normalized spacial score (nSPS) is 21.3. The van der Waals surface area contributed by atoms with E-state index in [4.69, 9.17) is 30.6 Å². The Labute approximate surface area is 207 Å². The van der Waals surface area contributed by atoms with Crippen LogP contribution in [-0.2, 0) is 14.4 Å². The first-order valence-electron chi connectivity index (χ1n) is 10.9. The SMILES string of the molecule is COc1ccc(C2C3C(=O)N(c4ccccc4Cl)C(=O)C3ON2c2ccccc2)c(OC)c1OC. The summed E-state index contributed by atoms with van der Waals surface area (Å²) in [5.41, 5.74) is 1.63. The van der Waals surface area contributed by atoms with Gasteiger partial charge in [0, 0.05) is 5.56 Å². The molecule has 2 fully saturated rings. The number of carbonyl (C=O) groups is 2. The fourth-order valence-electron chi connectivity index (χ4n) is 4.76. The molecule has 180 valence electrons. The third kappa shape index (κ3) is 3.57. The number of fused-ring (bicyclic) bond motifs is 1. The van der Waals surface area contributed by atoms with E-state index in [0.29, 0.717) is 39.2 Å². The molecule has 2 aliphatic rings. The van der Waals surface area contributed by atoms with Crippen molar-refractivity contribution in [3.8, 4) is 17.2 Å². The third-order valence-corrected chi connectivity index (χ3v) is 6.59. The van der Waals surface area contributed by atoms with Crippen molar-refractivity contribution >= 4 is 34.8 Å². The van der Waals surface area contributed by atoms with E-state index in [1.807, 2.05) is 30.3 Å². The van der Waals surface area contributed by atoms with Crippen molar-refractivity contribution in [2.24, 2.45) is 5.92 Å². The zero-order valence-electron chi connectivity index (χ0n) is 19.3. The number of halogens is 1. The highest BCUT2D eigenvalue weighted by Crippen LogP contribution is 2.52. The summed E-state index contributed by atoms with van der Waals surface area (Å²) >= 11 is 6.34. The van der Waals surface area contributed by atoms with Gasteiger partial charge in [-0.2, -0.15) is 0 Å². The van der Waals surface area contributed by atoms with Gasteiger partial charge in [0.15, 0.2) is 17.6 Å². The molecule has 3 unspecified atom stereocenters. The predicted octanol–water partition coefficient (Wildman–Crippen LogP) is 4.42. The number of para-hydroxylation sites is 2. The maximum absolute atomic E-state index is 13.8. The predicted molar refractivity (Wildman–Crippen MR) is 130 cm³/mol. The van der Waals surface area contributed by atoms with Crippen LogP contribution in [0.5, 0.6) is 17.2 Å². The molecular formula is C26H23ClN2O6. The highest BCUT2D eigenvalue weighted by molar-refractivity contribution is 6.36. The first-order chi connectivity index (χ1) is 17.0. The first kappa shape index (κ1) is 23.0. The number of hydrogen-bond acceptors (Lipinski definition) is 7. The molecule has 3 atom stereocenters. The van der Waals surface area contributed by atoms with E-state index in [0.717, 1.165) is 4.90 Å². The van der Waals surface area contributed by atoms with E-state index in [-0.39, 0.29) is 0 Å². The van der Waals surface area contributed by atoms with Gasteiger partial charge in [0.2, 0.25) is 11.7 Å². The standard InChI is InChI=1S/C26H23ClN2O6/c1-32-19-14-13-16(22(33-2)23(19)34-3)21-20-24(35-29(21)15-9-5-4-6-10-15)26(31)28(25(20)30)18-12-8-7-11-17(18)27/h4-14,20-21,24H,1-3H3. The van der Waals surface area contributed by atoms with Gasteiger partial charge in [-0.05, 0) is 36.4 Å². The Morgan fingerprint density at radius 2 is 1.49 bits per heavy atom. The lowest BCUT2D eigenvalue weighted by atomic mass is 9.89. The van der Waals surface area contributed by atoms with E-state index in [1.165, 1.54) is 21.3 Å². The topological polar surface area (TPSA) is 77.5 Å². The summed E-state index contributed by atoms with van der Waals surface area (Å²) in [4.78, 5) is 34.6. The van der Waals surface area contributed by atoms with Gasteiger partial charge in [-0.3, -0.25) is 14.4 Å². The van der Waals surface area contributed by atoms with Crippen molar-refractivity contribution in [3.05, 3.63) is 77.3 Å². The minimum Gasteiger partial charge on any atom is -0.493 e. The van der Waals surface area contributed by atoms with Crippen LogP contribution in [-0.4, -0.2) is 39.2 Å². The summed E-state index contributed by atoms with van der Waals surface area (Å²) in [7, 11) is 4.55. The average Bonchev–Trinajstić information content (AvgIpc) is 3.39. The van der Waals surface area contributed by atoms with E-state index in [1.54, 1.807) is 41.5 Å². The summed E-state index contributed by atoms with van der Waals surface area (Å²) in [5.74, 6) is -0.501. The largest absolute Gasteiger partial charge is 0.493 e. The number of rotatable bonds is 6. The highest BCUT2D eigenvalue weighted by Gasteiger charge is 2.61. The molecule has 0 saturated carbocycles. The van der Waals surface area contributed by atoms with Gasteiger partial charge in [0.25, 0.3) is 5.91 Å². The van der Waals surface area contributed by atoms with Crippen LogP contribution in [0.4, 0.5) is 11.4 Å². The molecule has 0 radical (unpaired) electrons. The van der Waals surface area contributed by atoms with E-state index >= 15 is 0 Å². The second kappa shape index (κ2) is 9.13. The number of benzene rings is 3. The molecule has 9 heteroatoms. The number of hydroxylamine groups is 1. The molecule has 0 aromatic heterocycles. The van der Waals surface area contributed by atoms with Crippen LogP contribution < -0.4 is 24.2 Å². The second-order valence-electron chi connectivity index (χ2n) is 8.04. The summed E-state index contributed by atoms with van der Waals surface area (Å²) in [5, 5.41) is 1.90. The Morgan fingerprint density at radius 1 is 0.800 bits per heavy atom. The Hall–Kier alpha value is -3.75. The lowest BCUT2D eigenvalue weighted by Crippen LogP contribution is -2.37. The number of imide groups is 1. The Bertz CT molecular complexity index is 1280. The molecule has 3 aromatic carbocycles. The molecule has 2 saturated heterocycles. The number of carbonyl (C=O) groups excluding carboxylic acids is 2. The number of methoxy groups -OCH3 is 3. The fourth-order valence-corrected chi connectivity index (χ4v) is 4.98. The van der Waals surface area contributed by atoms with Crippen LogP contribution in [0.3, 0.4) is 0 Å². The fraction of sp³-hybridized carbons (Fsp3) is 0.231. The van der Waals surface area contributed by atoms with Gasteiger partial charge >= 0.3 is 0 Å². The van der Waals surface area contributed by atoms with E-state index in [2.05, 4.69) is 0 Å². The van der Waals surface area contributed by atoms with Crippen LogP contribution in [0.15, 0.2) is 66.7 Å². The van der Waals surface area contributed by atoms with Gasteiger partial charge in [-0.1, -0.05) is 41.9 Å². The van der Waals surface area contributed by atoms with Gasteiger partial charge in [-0.15, -0.1) is 0 Å². The van der Waals surface area contributed by atoms with Gasteiger partial charge in [-0.25, -0.2) is 9.96 Å². The lowest BCUT2D eigenvalue weighted by Gasteiger charge is -2.30. The Morgan fingerprint density at radius 3 is 2.14 bits per heavy atom. The van der Waals surface area contributed by atoms with Crippen LogP contribution >= 0.6 is 11.6 Å². The molecule has 5 rings (SSSR count). The molecule has 2 amide bonds. The molecule has 0 aliphatic carbocycles. The maximum Gasteiger partial charge on any atom is 0.266 e. The average molecular weight is 495 g/mol. The minimum atomic E-state index is -1.04. The van der Waals surface area contributed by atoms with Gasteiger partial charge in [0.1, 0.15) is 12.0 Å². The quantitative estimate of drug-likeness (QED) is 0.469. The molecule has 35 heavy (non-hydrogen) atoms. The van der Waals surface area contributed by atoms with Crippen molar-refractivity contribution in [2.45, 2.75) is 12.1 Å². The second-order valence-corrected chi connectivity index (χ2v) is 8.45. The van der Waals surface area contributed by atoms with Crippen molar-refractivity contribution in [1.82, 2.24) is 0 Å². The lowest BCUT2D eigenvalue weighted by molar-refractivity contribution is -0.126. The zero-order chi connectivity index (χ0) is 24.7. The number of hydrogen-bond donors (Lipinski definition) is 0. The highest BCUT2D eigenvalue weighted by atomic mass is 35.5. The number of anilines is 2. The molecular weight excluding hydrogens is 472 g/mol. The molecule has 0 spiro atoms. The number of ether oxygens (including phenoxy) is 3. The summed E-state index contributed by atoms with van der Waals surface area (Å²) in [6.45, 7) is 0. The monoisotopic (exact) mass is 494 g/mol. The third-order valence-electron chi connectivity index (χ3n) is 6.27. The first-order valence-corrected chi connectivity index (χ1v) is 11.3. The maximum atomic E-state index is 13.8. The van der Waals surface area contributed by atoms with E-state index in [9.17, 15) is 9.59 Å². The molecule has 3 aromatic rings. The summed E-state index contributed by atoms with van der Waals surface area (Å²) < 4.78 is 16.7. The van der Waals surface area contributed by atoms with Crippen molar-refractivity contribution < 1.29 is 28.6 Å². The smallest absolute Gasteiger partial charge is 0.266 e. The van der Waals surface area contributed by atoms with Crippen LogP contribution in [0, 0.1) is 5.92 Å². The Kier molecular flexibility index (Phi) is 6.00.